The fraction of sp³-hybridized carbons (Fsp3) is 0.412. The Morgan fingerprint density at radius 1 is 1.18 bits per heavy atom. The summed E-state index contributed by atoms with van der Waals surface area (Å²) in [7, 11) is 1.76. The van der Waals surface area contributed by atoms with Gasteiger partial charge in [0, 0.05) is 19.7 Å². The van der Waals surface area contributed by atoms with Crippen molar-refractivity contribution in [3.63, 3.8) is 0 Å². The lowest BCUT2D eigenvalue weighted by Crippen LogP contribution is -2.36. The molecule has 0 unspecified atom stereocenters. The van der Waals surface area contributed by atoms with E-state index >= 15 is 0 Å². The first-order valence-corrected chi connectivity index (χ1v) is 7.57. The Labute approximate surface area is 131 Å². The fourth-order valence-corrected chi connectivity index (χ4v) is 2.22. The van der Waals surface area contributed by atoms with Gasteiger partial charge in [0.15, 0.2) is 11.7 Å². The van der Waals surface area contributed by atoms with E-state index in [0.717, 1.165) is 30.4 Å². The van der Waals surface area contributed by atoms with Gasteiger partial charge in [-0.2, -0.15) is 0 Å². The quantitative estimate of drug-likeness (QED) is 0.658. The first-order chi connectivity index (χ1) is 10.6. The van der Waals surface area contributed by atoms with Gasteiger partial charge < -0.3 is 15.2 Å². The molecule has 5 heteroatoms. The minimum Gasteiger partial charge on any atom is -0.359 e. The average Bonchev–Trinajstić information content (AvgIpc) is 2.97. The number of hydrogen-bond donors (Lipinski definition) is 2. The average molecular weight is 300 g/mol. The summed E-state index contributed by atoms with van der Waals surface area (Å²) in [5.41, 5.74) is 4.79. The SMILES string of the molecule is CCc1cc(CNC(=NC)NCc2ccc(C)cc2C)on1. The second-order valence-electron chi connectivity index (χ2n) is 5.35. The van der Waals surface area contributed by atoms with Crippen LogP contribution in [0.15, 0.2) is 33.8 Å². The van der Waals surface area contributed by atoms with Crippen LogP contribution >= 0.6 is 0 Å². The molecule has 5 nitrogen and oxygen atoms in total. The summed E-state index contributed by atoms with van der Waals surface area (Å²) in [6.07, 6.45) is 0.878. The van der Waals surface area contributed by atoms with Crippen LogP contribution < -0.4 is 10.6 Å². The lowest BCUT2D eigenvalue weighted by molar-refractivity contribution is 0.374. The minimum absolute atomic E-state index is 0.569. The van der Waals surface area contributed by atoms with E-state index in [0.29, 0.717) is 6.54 Å². The molecule has 2 N–H and O–H groups in total. The van der Waals surface area contributed by atoms with Crippen molar-refractivity contribution in [2.45, 2.75) is 40.3 Å². The third-order valence-corrected chi connectivity index (χ3v) is 3.57. The van der Waals surface area contributed by atoms with Crippen LogP contribution in [0.2, 0.25) is 0 Å². The molecule has 118 valence electrons. The molecule has 2 rings (SSSR count). The Morgan fingerprint density at radius 2 is 1.95 bits per heavy atom. The van der Waals surface area contributed by atoms with Gasteiger partial charge >= 0.3 is 0 Å². The maximum absolute atomic E-state index is 5.25. The van der Waals surface area contributed by atoms with Crippen molar-refractivity contribution >= 4 is 5.96 Å². The van der Waals surface area contributed by atoms with Crippen molar-refractivity contribution in [2.75, 3.05) is 7.05 Å². The Hall–Kier alpha value is -2.30. The zero-order valence-corrected chi connectivity index (χ0v) is 13.7. The second kappa shape index (κ2) is 7.64. The zero-order valence-electron chi connectivity index (χ0n) is 13.7. The number of guanidine groups is 1. The largest absolute Gasteiger partial charge is 0.359 e. The summed E-state index contributed by atoms with van der Waals surface area (Å²) >= 11 is 0. The van der Waals surface area contributed by atoms with Crippen LogP contribution in [-0.4, -0.2) is 18.2 Å². The van der Waals surface area contributed by atoms with Gasteiger partial charge in [0.2, 0.25) is 0 Å². The van der Waals surface area contributed by atoms with Crippen LogP contribution in [0.25, 0.3) is 0 Å². The summed E-state index contributed by atoms with van der Waals surface area (Å²) in [6.45, 7) is 7.59. The van der Waals surface area contributed by atoms with Crippen LogP contribution in [0.5, 0.6) is 0 Å². The molecule has 0 aliphatic rings. The normalized spacial score (nSPS) is 11.5. The minimum atomic E-state index is 0.569. The highest BCUT2D eigenvalue weighted by Crippen LogP contribution is 2.10. The first-order valence-electron chi connectivity index (χ1n) is 7.57. The van der Waals surface area contributed by atoms with Crippen molar-refractivity contribution < 1.29 is 4.52 Å². The van der Waals surface area contributed by atoms with Crippen molar-refractivity contribution in [3.8, 4) is 0 Å². The molecule has 1 aromatic carbocycles. The van der Waals surface area contributed by atoms with Gasteiger partial charge in [-0.3, -0.25) is 4.99 Å². The van der Waals surface area contributed by atoms with E-state index < -0.39 is 0 Å². The molecular formula is C17H24N4O. The smallest absolute Gasteiger partial charge is 0.191 e. The highest BCUT2D eigenvalue weighted by Gasteiger charge is 2.05. The molecule has 0 saturated carbocycles. The predicted molar refractivity (Wildman–Crippen MR) is 88.8 cm³/mol. The molecule has 0 spiro atoms. The molecule has 22 heavy (non-hydrogen) atoms. The number of aliphatic imine (C=N–C) groups is 1. The fourth-order valence-electron chi connectivity index (χ4n) is 2.22. The van der Waals surface area contributed by atoms with E-state index in [2.05, 4.69) is 59.8 Å². The van der Waals surface area contributed by atoms with E-state index in [1.54, 1.807) is 7.05 Å². The third kappa shape index (κ3) is 4.35. The summed E-state index contributed by atoms with van der Waals surface area (Å²) in [5, 5.41) is 10.5. The Bertz CT molecular complexity index is 646. The maximum atomic E-state index is 5.25. The molecule has 0 amide bonds. The first kappa shape index (κ1) is 16.1. The van der Waals surface area contributed by atoms with Gasteiger partial charge in [-0.05, 0) is 31.4 Å². The molecule has 1 heterocycles. The molecule has 0 saturated heterocycles. The van der Waals surface area contributed by atoms with Crippen LogP contribution in [0.1, 0.15) is 35.1 Å². The molecule has 0 aliphatic heterocycles. The Kier molecular flexibility index (Phi) is 5.58. The summed E-state index contributed by atoms with van der Waals surface area (Å²) < 4.78 is 5.25. The number of nitrogens with zero attached hydrogens (tertiary/aromatic N) is 2. The van der Waals surface area contributed by atoms with Crippen LogP contribution in [0, 0.1) is 13.8 Å². The lowest BCUT2D eigenvalue weighted by atomic mass is 10.1. The zero-order chi connectivity index (χ0) is 15.9. The van der Waals surface area contributed by atoms with Gasteiger partial charge in [0.1, 0.15) is 0 Å². The topological polar surface area (TPSA) is 62.5 Å². The Balaban J connectivity index is 1.87. The number of benzene rings is 1. The van der Waals surface area contributed by atoms with Gasteiger partial charge in [-0.25, -0.2) is 0 Å². The number of rotatable bonds is 5. The number of nitrogens with one attached hydrogen (secondary N) is 2. The van der Waals surface area contributed by atoms with Crippen LogP contribution in [-0.2, 0) is 19.5 Å². The molecule has 2 aromatic rings. The number of aryl methyl sites for hydroxylation is 3. The molecule has 0 bridgehead atoms. The van der Waals surface area contributed by atoms with E-state index in [-0.39, 0.29) is 0 Å². The standard InChI is InChI=1S/C17H24N4O/c1-5-15-9-16(22-21-15)11-20-17(18-4)19-10-14-7-6-12(2)8-13(14)3/h6-9H,5,10-11H2,1-4H3,(H2,18,19,20). The summed E-state index contributed by atoms with van der Waals surface area (Å²) in [5.74, 6) is 1.56. The van der Waals surface area contributed by atoms with Crippen molar-refractivity contribution in [1.29, 1.82) is 0 Å². The molecule has 0 fully saturated rings. The van der Waals surface area contributed by atoms with Crippen LogP contribution in [0.3, 0.4) is 0 Å². The van der Waals surface area contributed by atoms with E-state index in [1.165, 1.54) is 16.7 Å². The van der Waals surface area contributed by atoms with Gasteiger partial charge in [-0.1, -0.05) is 35.8 Å². The van der Waals surface area contributed by atoms with Gasteiger partial charge in [0.05, 0.1) is 12.2 Å². The molecule has 0 atom stereocenters. The van der Waals surface area contributed by atoms with Crippen LogP contribution in [0.4, 0.5) is 0 Å². The van der Waals surface area contributed by atoms with Gasteiger partial charge in [0.25, 0.3) is 0 Å². The Morgan fingerprint density at radius 3 is 2.59 bits per heavy atom. The molecular weight excluding hydrogens is 276 g/mol. The van der Waals surface area contributed by atoms with Crippen molar-refractivity contribution in [2.24, 2.45) is 4.99 Å². The monoisotopic (exact) mass is 300 g/mol. The number of aromatic nitrogens is 1. The highest BCUT2D eigenvalue weighted by molar-refractivity contribution is 5.79. The maximum Gasteiger partial charge on any atom is 0.191 e. The lowest BCUT2D eigenvalue weighted by Gasteiger charge is -2.12. The molecule has 1 aromatic heterocycles. The molecule has 0 aliphatic carbocycles. The summed E-state index contributed by atoms with van der Waals surface area (Å²) in [6, 6.07) is 8.42. The van der Waals surface area contributed by atoms with E-state index in [1.807, 2.05) is 6.07 Å². The highest BCUT2D eigenvalue weighted by atomic mass is 16.5. The molecule has 0 radical (unpaired) electrons. The van der Waals surface area contributed by atoms with Crippen molar-refractivity contribution in [1.82, 2.24) is 15.8 Å². The summed E-state index contributed by atoms with van der Waals surface area (Å²) in [4.78, 5) is 4.22. The predicted octanol–water partition coefficient (Wildman–Crippen LogP) is 2.72. The van der Waals surface area contributed by atoms with E-state index in [9.17, 15) is 0 Å². The number of hydrogen-bond acceptors (Lipinski definition) is 3. The van der Waals surface area contributed by atoms with Crippen molar-refractivity contribution in [3.05, 3.63) is 52.4 Å². The van der Waals surface area contributed by atoms with E-state index in [4.69, 9.17) is 4.52 Å². The third-order valence-electron chi connectivity index (χ3n) is 3.57. The second-order valence-corrected chi connectivity index (χ2v) is 5.35. The van der Waals surface area contributed by atoms with Gasteiger partial charge in [-0.15, -0.1) is 0 Å².